The monoisotopic (exact) mass is 277 g/mol. The van der Waals surface area contributed by atoms with Gasteiger partial charge in [0.05, 0.1) is 12.3 Å². The van der Waals surface area contributed by atoms with Crippen molar-refractivity contribution in [3.63, 3.8) is 0 Å². The van der Waals surface area contributed by atoms with Crippen molar-refractivity contribution in [2.45, 2.75) is 5.92 Å². The summed E-state index contributed by atoms with van der Waals surface area (Å²) in [6.07, 6.45) is 0. The molecule has 2 nitrogen and oxygen atoms in total. The van der Waals surface area contributed by atoms with Crippen LogP contribution in [-0.2, 0) is 0 Å². The molecule has 0 aliphatic carbocycles. The normalized spacial score (nSPS) is 16.8. The molecule has 0 amide bonds. The Labute approximate surface area is 116 Å². The van der Waals surface area contributed by atoms with E-state index < -0.39 is 0 Å². The fourth-order valence-electron chi connectivity index (χ4n) is 2.26. The molecule has 0 saturated carbocycles. The molecule has 0 saturated heterocycles. The summed E-state index contributed by atoms with van der Waals surface area (Å²) in [5, 5.41) is 3.62. The van der Waals surface area contributed by atoms with Gasteiger partial charge in [0.1, 0.15) is 11.6 Å². The summed E-state index contributed by atoms with van der Waals surface area (Å²) in [6.45, 7) is 1.24. The average Bonchev–Trinajstić information content (AvgIpc) is 2.83. The molecule has 1 atom stereocenters. The first kappa shape index (κ1) is 12.3. The van der Waals surface area contributed by atoms with Crippen LogP contribution in [0, 0.1) is 5.82 Å². The molecule has 1 unspecified atom stereocenters. The highest BCUT2D eigenvalue weighted by Crippen LogP contribution is 2.33. The van der Waals surface area contributed by atoms with Crippen LogP contribution >= 0.6 is 11.6 Å². The summed E-state index contributed by atoms with van der Waals surface area (Å²) in [6, 6.07) is 12.4. The van der Waals surface area contributed by atoms with Crippen molar-refractivity contribution in [2.24, 2.45) is 0 Å². The molecule has 98 valence electrons. The van der Waals surface area contributed by atoms with E-state index in [1.807, 2.05) is 24.3 Å². The average molecular weight is 278 g/mol. The molecule has 0 bridgehead atoms. The smallest absolute Gasteiger partial charge is 0.146 e. The number of benzene rings is 2. The number of rotatable bonds is 3. The van der Waals surface area contributed by atoms with Crippen LogP contribution in [0.5, 0.6) is 5.75 Å². The number of halogens is 2. The topological polar surface area (TPSA) is 21.3 Å². The third-order valence-corrected chi connectivity index (χ3v) is 3.50. The summed E-state index contributed by atoms with van der Waals surface area (Å²) in [7, 11) is 0. The second-order valence-corrected chi connectivity index (χ2v) is 4.99. The van der Waals surface area contributed by atoms with E-state index in [1.165, 1.54) is 12.1 Å². The van der Waals surface area contributed by atoms with Gasteiger partial charge in [-0.2, -0.15) is 0 Å². The van der Waals surface area contributed by atoms with E-state index in [-0.39, 0.29) is 11.7 Å². The molecule has 0 fully saturated rings. The SMILES string of the molecule is Fc1ccc(Cl)cc1NCC1COc2ccccc21. The predicted octanol–water partition coefficient (Wildman–Crippen LogP) is 4.07. The second kappa shape index (κ2) is 5.10. The van der Waals surface area contributed by atoms with Gasteiger partial charge in [-0.1, -0.05) is 29.8 Å². The predicted molar refractivity (Wildman–Crippen MR) is 74.6 cm³/mol. The minimum Gasteiger partial charge on any atom is -0.493 e. The lowest BCUT2D eigenvalue weighted by Crippen LogP contribution is -2.14. The van der Waals surface area contributed by atoms with Crippen LogP contribution in [0.2, 0.25) is 5.02 Å². The standard InChI is InChI=1S/C15H13ClFNO/c16-11-5-6-13(17)14(7-11)18-8-10-9-19-15-4-2-1-3-12(10)15/h1-7,10,18H,8-9H2. The van der Waals surface area contributed by atoms with E-state index in [1.54, 1.807) is 6.07 Å². The molecule has 2 aromatic carbocycles. The van der Waals surface area contributed by atoms with E-state index in [2.05, 4.69) is 5.32 Å². The third kappa shape index (κ3) is 2.51. The van der Waals surface area contributed by atoms with Crippen molar-refractivity contribution in [3.05, 3.63) is 58.9 Å². The largest absolute Gasteiger partial charge is 0.493 e. The number of nitrogens with one attached hydrogen (secondary N) is 1. The van der Waals surface area contributed by atoms with Gasteiger partial charge in [-0.25, -0.2) is 4.39 Å². The minimum atomic E-state index is -0.295. The number of ether oxygens (including phenoxy) is 1. The van der Waals surface area contributed by atoms with Gasteiger partial charge in [0.25, 0.3) is 0 Å². The first-order valence-corrected chi connectivity index (χ1v) is 6.52. The molecule has 0 radical (unpaired) electrons. The summed E-state index contributed by atoms with van der Waals surface area (Å²) in [5.74, 6) is 0.854. The van der Waals surface area contributed by atoms with Gasteiger partial charge in [-0.3, -0.25) is 0 Å². The Hall–Kier alpha value is -1.74. The minimum absolute atomic E-state index is 0.231. The van der Waals surface area contributed by atoms with Gasteiger partial charge in [0.15, 0.2) is 0 Å². The Balaban J connectivity index is 1.72. The molecule has 1 N–H and O–H groups in total. The van der Waals surface area contributed by atoms with E-state index in [4.69, 9.17) is 16.3 Å². The highest BCUT2D eigenvalue weighted by atomic mass is 35.5. The molecule has 1 aliphatic rings. The number of hydrogen-bond acceptors (Lipinski definition) is 2. The zero-order valence-corrected chi connectivity index (χ0v) is 11.0. The number of para-hydroxylation sites is 1. The van der Waals surface area contributed by atoms with Crippen molar-refractivity contribution in [1.82, 2.24) is 0 Å². The molecule has 0 spiro atoms. The third-order valence-electron chi connectivity index (χ3n) is 3.27. The molecular formula is C15H13ClFNO. The molecule has 1 aliphatic heterocycles. The molecule has 0 aromatic heterocycles. The molecule has 19 heavy (non-hydrogen) atoms. The van der Waals surface area contributed by atoms with Crippen LogP contribution in [0.4, 0.5) is 10.1 Å². The highest BCUT2D eigenvalue weighted by molar-refractivity contribution is 6.30. The Morgan fingerprint density at radius 3 is 3.00 bits per heavy atom. The Morgan fingerprint density at radius 1 is 1.26 bits per heavy atom. The van der Waals surface area contributed by atoms with Crippen LogP contribution in [0.25, 0.3) is 0 Å². The van der Waals surface area contributed by atoms with Crippen LogP contribution in [0.1, 0.15) is 11.5 Å². The lowest BCUT2D eigenvalue weighted by molar-refractivity contribution is 0.334. The maximum atomic E-state index is 13.6. The van der Waals surface area contributed by atoms with Crippen molar-refractivity contribution < 1.29 is 9.13 Å². The Kier molecular flexibility index (Phi) is 3.30. The van der Waals surface area contributed by atoms with E-state index >= 15 is 0 Å². The molecular weight excluding hydrogens is 265 g/mol. The first-order chi connectivity index (χ1) is 9.24. The Morgan fingerprint density at radius 2 is 2.11 bits per heavy atom. The number of anilines is 1. The van der Waals surface area contributed by atoms with Crippen LogP contribution in [0.15, 0.2) is 42.5 Å². The van der Waals surface area contributed by atoms with Gasteiger partial charge in [-0.05, 0) is 24.3 Å². The highest BCUT2D eigenvalue weighted by Gasteiger charge is 2.23. The Bertz CT molecular complexity index is 602. The molecule has 4 heteroatoms. The van der Waals surface area contributed by atoms with E-state index in [0.29, 0.717) is 23.9 Å². The van der Waals surface area contributed by atoms with Crippen molar-refractivity contribution in [3.8, 4) is 5.75 Å². The zero-order chi connectivity index (χ0) is 13.2. The van der Waals surface area contributed by atoms with Crippen LogP contribution < -0.4 is 10.1 Å². The summed E-state index contributed by atoms with van der Waals surface area (Å²) in [5.41, 5.74) is 1.59. The van der Waals surface area contributed by atoms with Gasteiger partial charge >= 0.3 is 0 Å². The lowest BCUT2D eigenvalue weighted by atomic mass is 10.0. The molecule has 3 rings (SSSR count). The van der Waals surface area contributed by atoms with E-state index in [0.717, 1.165) is 11.3 Å². The van der Waals surface area contributed by atoms with Crippen molar-refractivity contribution >= 4 is 17.3 Å². The van der Waals surface area contributed by atoms with Gasteiger partial charge in [-0.15, -0.1) is 0 Å². The molecule has 2 aromatic rings. The molecule has 1 heterocycles. The maximum absolute atomic E-state index is 13.6. The lowest BCUT2D eigenvalue weighted by Gasteiger charge is -2.12. The van der Waals surface area contributed by atoms with Crippen molar-refractivity contribution in [2.75, 3.05) is 18.5 Å². The second-order valence-electron chi connectivity index (χ2n) is 4.55. The quantitative estimate of drug-likeness (QED) is 0.913. The van der Waals surface area contributed by atoms with Crippen molar-refractivity contribution in [1.29, 1.82) is 0 Å². The van der Waals surface area contributed by atoms with Gasteiger partial charge < -0.3 is 10.1 Å². The zero-order valence-electron chi connectivity index (χ0n) is 10.2. The fourth-order valence-corrected chi connectivity index (χ4v) is 2.44. The number of fused-ring (bicyclic) bond motifs is 1. The number of hydrogen-bond donors (Lipinski definition) is 1. The summed E-state index contributed by atoms with van der Waals surface area (Å²) >= 11 is 5.86. The van der Waals surface area contributed by atoms with E-state index in [9.17, 15) is 4.39 Å². The summed E-state index contributed by atoms with van der Waals surface area (Å²) in [4.78, 5) is 0. The van der Waals surface area contributed by atoms with Crippen LogP contribution in [0.3, 0.4) is 0 Å². The maximum Gasteiger partial charge on any atom is 0.146 e. The van der Waals surface area contributed by atoms with Gasteiger partial charge in [0, 0.05) is 23.0 Å². The van der Waals surface area contributed by atoms with Crippen LogP contribution in [-0.4, -0.2) is 13.2 Å². The first-order valence-electron chi connectivity index (χ1n) is 6.14. The fraction of sp³-hybridized carbons (Fsp3) is 0.200. The van der Waals surface area contributed by atoms with Gasteiger partial charge in [0.2, 0.25) is 0 Å². The summed E-state index contributed by atoms with van der Waals surface area (Å²) < 4.78 is 19.2.